The van der Waals surface area contributed by atoms with Crippen LogP contribution in [-0.2, 0) is 9.53 Å². The Morgan fingerprint density at radius 3 is 2.25 bits per heavy atom. The van der Waals surface area contributed by atoms with Crippen LogP contribution in [0.5, 0.6) is 0 Å². The zero-order valence-electron chi connectivity index (χ0n) is 8.68. The van der Waals surface area contributed by atoms with E-state index in [9.17, 15) is 4.79 Å². The van der Waals surface area contributed by atoms with Gasteiger partial charge in [-0.25, -0.2) is 0 Å². The van der Waals surface area contributed by atoms with Crippen molar-refractivity contribution in [1.82, 2.24) is 4.90 Å². The van der Waals surface area contributed by atoms with Gasteiger partial charge in [-0.05, 0) is 27.4 Å². The minimum Gasteiger partial charge on any atom is -0.468 e. The lowest BCUT2D eigenvalue weighted by molar-refractivity contribution is -0.153. The summed E-state index contributed by atoms with van der Waals surface area (Å²) < 4.78 is 4.75. The van der Waals surface area contributed by atoms with Gasteiger partial charge in [-0.15, -0.1) is 0 Å². The van der Waals surface area contributed by atoms with E-state index in [1.807, 2.05) is 25.9 Å². The second kappa shape index (κ2) is 4.45. The Morgan fingerprint density at radius 2 is 2.00 bits per heavy atom. The molecule has 0 aromatic carbocycles. The fourth-order valence-electron chi connectivity index (χ4n) is 1.21. The molecule has 0 aliphatic heterocycles. The number of nitrogens with zero attached hydrogens (tertiary/aromatic N) is 1. The third kappa shape index (κ3) is 2.21. The third-order valence-electron chi connectivity index (χ3n) is 2.35. The van der Waals surface area contributed by atoms with Gasteiger partial charge in [-0.3, -0.25) is 9.69 Å². The van der Waals surface area contributed by atoms with Crippen LogP contribution in [-0.4, -0.2) is 37.6 Å². The summed E-state index contributed by atoms with van der Waals surface area (Å²) in [5.74, 6) is -0.158. The van der Waals surface area contributed by atoms with Crippen molar-refractivity contribution in [2.45, 2.75) is 32.2 Å². The molecule has 0 saturated heterocycles. The van der Waals surface area contributed by atoms with Crippen LogP contribution in [0.2, 0.25) is 0 Å². The van der Waals surface area contributed by atoms with Gasteiger partial charge in [0.25, 0.3) is 0 Å². The summed E-state index contributed by atoms with van der Waals surface area (Å²) in [6.45, 7) is 3.97. The molecule has 0 bridgehead atoms. The Labute approximate surface area is 74.7 Å². The van der Waals surface area contributed by atoms with E-state index in [2.05, 4.69) is 6.92 Å². The molecule has 0 rings (SSSR count). The van der Waals surface area contributed by atoms with E-state index < -0.39 is 5.54 Å². The topological polar surface area (TPSA) is 29.5 Å². The Bertz CT molecular complexity index is 157. The number of carbonyl (C=O) groups is 1. The number of carbonyl (C=O) groups excluding carboxylic acids is 1. The normalized spacial score (nSPS) is 15.8. The van der Waals surface area contributed by atoms with E-state index in [4.69, 9.17) is 4.74 Å². The maximum absolute atomic E-state index is 11.4. The average Bonchev–Trinajstić information content (AvgIpc) is 2.03. The van der Waals surface area contributed by atoms with Crippen LogP contribution in [0.3, 0.4) is 0 Å². The van der Waals surface area contributed by atoms with E-state index >= 15 is 0 Å². The van der Waals surface area contributed by atoms with Crippen LogP contribution in [0.1, 0.15) is 26.7 Å². The van der Waals surface area contributed by atoms with Crippen LogP contribution in [0.15, 0.2) is 0 Å². The first-order valence-electron chi connectivity index (χ1n) is 4.25. The zero-order valence-corrected chi connectivity index (χ0v) is 8.68. The van der Waals surface area contributed by atoms with Crippen molar-refractivity contribution in [3.63, 3.8) is 0 Å². The molecule has 0 radical (unpaired) electrons. The molecule has 3 heteroatoms. The number of likely N-dealkylation sites (N-methyl/N-ethyl adjacent to an activating group) is 1. The molecule has 0 aliphatic rings. The monoisotopic (exact) mass is 173 g/mol. The van der Waals surface area contributed by atoms with Crippen LogP contribution in [0, 0.1) is 0 Å². The molecule has 0 saturated carbocycles. The van der Waals surface area contributed by atoms with Crippen molar-refractivity contribution in [3.05, 3.63) is 0 Å². The second-order valence-corrected chi connectivity index (χ2v) is 3.41. The minimum atomic E-state index is -0.469. The molecule has 3 nitrogen and oxygen atoms in total. The predicted molar refractivity (Wildman–Crippen MR) is 49.0 cm³/mol. The molecule has 0 aliphatic carbocycles. The van der Waals surface area contributed by atoms with E-state index in [0.717, 1.165) is 12.8 Å². The molecule has 0 aromatic heterocycles. The maximum Gasteiger partial charge on any atom is 0.325 e. The number of rotatable bonds is 4. The van der Waals surface area contributed by atoms with E-state index in [-0.39, 0.29) is 5.97 Å². The molecule has 0 N–H and O–H groups in total. The molecular weight excluding hydrogens is 154 g/mol. The van der Waals surface area contributed by atoms with E-state index in [1.165, 1.54) is 7.11 Å². The molecule has 72 valence electrons. The van der Waals surface area contributed by atoms with Crippen molar-refractivity contribution in [3.8, 4) is 0 Å². The fourth-order valence-corrected chi connectivity index (χ4v) is 1.21. The highest BCUT2D eigenvalue weighted by molar-refractivity contribution is 5.80. The molecule has 0 amide bonds. The summed E-state index contributed by atoms with van der Waals surface area (Å²) in [4.78, 5) is 13.3. The molecule has 1 unspecified atom stereocenters. The molecule has 12 heavy (non-hydrogen) atoms. The van der Waals surface area contributed by atoms with Crippen LogP contribution in [0.4, 0.5) is 0 Å². The Hall–Kier alpha value is -0.570. The number of ether oxygens (including phenoxy) is 1. The van der Waals surface area contributed by atoms with Gasteiger partial charge < -0.3 is 4.74 Å². The van der Waals surface area contributed by atoms with E-state index in [0.29, 0.717) is 0 Å². The summed E-state index contributed by atoms with van der Waals surface area (Å²) in [5.41, 5.74) is -0.469. The summed E-state index contributed by atoms with van der Waals surface area (Å²) in [5, 5.41) is 0. The highest BCUT2D eigenvalue weighted by Crippen LogP contribution is 2.19. The molecule has 0 aromatic rings. The largest absolute Gasteiger partial charge is 0.468 e. The van der Waals surface area contributed by atoms with Gasteiger partial charge >= 0.3 is 5.97 Å². The molecular formula is C9H19NO2. The van der Waals surface area contributed by atoms with Crippen LogP contribution < -0.4 is 0 Å². The lowest BCUT2D eigenvalue weighted by Gasteiger charge is -2.33. The van der Waals surface area contributed by atoms with Crippen LogP contribution >= 0.6 is 0 Å². The zero-order chi connectivity index (χ0) is 9.78. The first-order chi connectivity index (χ1) is 5.49. The predicted octanol–water partition coefficient (Wildman–Crippen LogP) is 1.28. The smallest absolute Gasteiger partial charge is 0.325 e. The minimum absolute atomic E-state index is 0.158. The lowest BCUT2D eigenvalue weighted by Crippen LogP contribution is -2.49. The van der Waals surface area contributed by atoms with Gasteiger partial charge in [0, 0.05) is 0 Å². The highest BCUT2D eigenvalue weighted by Gasteiger charge is 2.35. The summed E-state index contributed by atoms with van der Waals surface area (Å²) in [6.07, 6.45) is 1.80. The fraction of sp³-hybridized carbons (Fsp3) is 0.889. The average molecular weight is 173 g/mol. The van der Waals surface area contributed by atoms with Crippen LogP contribution in [0.25, 0.3) is 0 Å². The van der Waals surface area contributed by atoms with Gasteiger partial charge in [-0.2, -0.15) is 0 Å². The quantitative estimate of drug-likeness (QED) is 0.600. The first-order valence-corrected chi connectivity index (χ1v) is 4.25. The molecule has 0 spiro atoms. The lowest BCUT2D eigenvalue weighted by atomic mass is 9.95. The third-order valence-corrected chi connectivity index (χ3v) is 2.35. The second-order valence-electron chi connectivity index (χ2n) is 3.41. The SMILES string of the molecule is CCCC(C)(C(=O)OC)N(C)C. The van der Waals surface area contributed by atoms with E-state index in [1.54, 1.807) is 0 Å². The number of esters is 1. The number of methoxy groups -OCH3 is 1. The van der Waals surface area contributed by atoms with Crippen molar-refractivity contribution < 1.29 is 9.53 Å². The molecule has 0 fully saturated rings. The van der Waals surface area contributed by atoms with Gasteiger partial charge in [0.1, 0.15) is 5.54 Å². The maximum atomic E-state index is 11.4. The summed E-state index contributed by atoms with van der Waals surface area (Å²) in [6, 6.07) is 0. The van der Waals surface area contributed by atoms with Gasteiger partial charge in [-0.1, -0.05) is 13.3 Å². The van der Waals surface area contributed by atoms with Crippen molar-refractivity contribution in [2.75, 3.05) is 21.2 Å². The Balaban J connectivity index is 4.49. The molecule has 1 atom stereocenters. The number of hydrogen-bond donors (Lipinski definition) is 0. The van der Waals surface area contributed by atoms with Crippen molar-refractivity contribution in [1.29, 1.82) is 0 Å². The molecule has 0 heterocycles. The highest BCUT2D eigenvalue weighted by atomic mass is 16.5. The van der Waals surface area contributed by atoms with Gasteiger partial charge in [0.15, 0.2) is 0 Å². The van der Waals surface area contributed by atoms with Gasteiger partial charge in [0.2, 0.25) is 0 Å². The first kappa shape index (κ1) is 11.4. The standard InChI is InChI=1S/C9H19NO2/c1-6-7-9(2,10(3)4)8(11)12-5/h6-7H2,1-5H3. The van der Waals surface area contributed by atoms with Gasteiger partial charge in [0.05, 0.1) is 7.11 Å². The van der Waals surface area contributed by atoms with Crippen molar-refractivity contribution in [2.24, 2.45) is 0 Å². The summed E-state index contributed by atoms with van der Waals surface area (Å²) >= 11 is 0. The Morgan fingerprint density at radius 1 is 1.50 bits per heavy atom. The summed E-state index contributed by atoms with van der Waals surface area (Å²) in [7, 11) is 5.22. The number of hydrogen-bond acceptors (Lipinski definition) is 3. The Kier molecular flexibility index (Phi) is 4.24. The van der Waals surface area contributed by atoms with Crippen molar-refractivity contribution >= 4 is 5.97 Å².